The van der Waals surface area contributed by atoms with E-state index in [4.69, 9.17) is 16.9 Å². The molecule has 0 spiro atoms. The smallest absolute Gasteiger partial charge is 0.253 e. The van der Waals surface area contributed by atoms with Crippen LogP contribution in [0.25, 0.3) is 0 Å². The molecule has 0 aliphatic carbocycles. The number of amides is 1. The monoisotopic (exact) mass is 271 g/mol. The molecule has 1 heterocycles. The average Bonchev–Trinajstić information content (AvgIpc) is 2.46. The van der Waals surface area contributed by atoms with Crippen molar-refractivity contribution in [3.05, 3.63) is 64.4 Å². The minimum atomic E-state index is -0.214. The van der Waals surface area contributed by atoms with Crippen LogP contribution in [0.1, 0.15) is 21.5 Å². The van der Waals surface area contributed by atoms with E-state index < -0.39 is 0 Å². The van der Waals surface area contributed by atoms with E-state index in [0.717, 1.165) is 5.56 Å². The van der Waals surface area contributed by atoms with Crippen molar-refractivity contribution >= 4 is 17.5 Å². The van der Waals surface area contributed by atoms with E-state index in [-0.39, 0.29) is 5.91 Å². The Balaban J connectivity index is 1.96. The van der Waals surface area contributed by atoms with E-state index in [1.165, 1.54) is 6.20 Å². The Kier molecular flexibility index (Phi) is 4.11. The summed E-state index contributed by atoms with van der Waals surface area (Å²) in [6.07, 6.45) is 1.43. The van der Waals surface area contributed by atoms with Crippen LogP contribution in [0, 0.1) is 11.3 Å². The Morgan fingerprint density at radius 3 is 2.58 bits per heavy atom. The van der Waals surface area contributed by atoms with Gasteiger partial charge in [0.05, 0.1) is 17.2 Å². The van der Waals surface area contributed by atoms with Crippen LogP contribution in [0.4, 0.5) is 0 Å². The molecule has 1 aromatic carbocycles. The van der Waals surface area contributed by atoms with Gasteiger partial charge in [-0.3, -0.25) is 4.79 Å². The van der Waals surface area contributed by atoms with Gasteiger partial charge in [-0.25, -0.2) is 4.98 Å². The SMILES string of the molecule is N#Cc1ccc(CNC(=O)c2ccc(Cl)nc2)cc1. The first kappa shape index (κ1) is 13.1. The molecule has 0 saturated carbocycles. The summed E-state index contributed by atoms with van der Waals surface area (Å²) in [6, 6.07) is 12.3. The maximum Gasteiger partial charge on any atom is 0.253 e. The van der Waals surface area contributed by atoms with Crippen LogP contribution in [-0.4, -0.2) is 10.9 Å². The fraction of sp³-hybridized carbons (Fsp3) is 0.0714. The van der Waals surface area contributed by atoms with Gasteiger partial charge < -0.3 is 5.32 Å². The van der Waals surface area contributed by atoms with E-state index in [0.29, 0.717) is 22.8 Å². The van der Waals surface area contributed by atoms with E-state index >= 15 is 0 Å². The second-order valence-corrected chi connectivity index (χ2v) is 4.25. The zero-order valence-corrected chi connectivity index (χ0v) is 10.7. The highest BCUT2D eigenvalue weighted by Crippen LogP contribution is 2.06. The molecule has 1 amide bonds. The highest BCUT2D eigenvalue weighted by atomic mass is 35.5. The Labute approximate surface area is 115 Å². The number of aromatic nitrogens is 1. The summed E-state index contributed by atoms with van der Waals surface area (Å²) in [5.74, 6) is -0.214. The molecule has 2 rings (SSSR count). The number of rotatable bonds is 3. The maximum atomic E-state index is 11.8. The standard InChI is InChI=1S/C14H10ClN3O/c15-13-6-5-12(9-17-13)14(19)18-8-11-3-1-10(7-16)2-4-11/h1-6,9H,8H2,(H,18,19). The second kappa shape index (κ2) is 5.98. The zero-order chi connectivity index (χ0) is 13.7. The first-order chi connectivity index (χ1) is 9.19. The lowest BCUT2D eigenvalue weighted by Crippen LogP contribution is -2.22. The van der Waals surface area contributed by atoms with Gasteiger partial charge in [-0.2, -0.15) is 5.26 Å². The molecule has 0 radical (unpaired) electrons. The summed E-state index contributed by atoms with van der Waals surface area (Å²) in [5.41, 5.74) is 1.98. The Morgan fingerprint density at radius 1 is 1.26 bits per heavy atom. The Morgan fingerprint density at radius 2 is 2.00 bits per heavy atom. The number of hydrogen-bond donors (Lipinski definition) is 1. The van der Waals surface area contributed by atoms with Gasteiger partial charge in [0.2, 0.25) is 0 Å². The lowest BCUT2D eigenvalue weighted by atomic mass is 10.1. The summed E-state index contributed by atoms with van der Waals surface area (Å²) in [7, 11) is 0. The fourth-order valence-corrected chi connectivity index (χ4v) is 1.60. The largest absolute Gasteiger partial charge is 0.348 e. The van der Waals surface area contributed by atoms with Gasteiger partial charge in [-0.15, -0.1) is 0 Å². The molecule has 19 heavy (non-hydrogen) atoms. The van der Waals surface area contributed by atoms with Crippen molar-refractivity contribution < 1.29 is 4.79 Å². The molecule has 0 bridgehead atoms. The van der Waals surface area contributed by atoms with Gasteiger partial charge in [-0.1, -0.05) is 23.7 Å². The molecule has 5 heteroatoms. The van der Waals surface area contributed by atoms with Crippen LogP contribution in [0.15, 0.2) is 42.6 Å². The third kappa shape index (κ3) is 3.54. The molecular weight excluding hydrogens is 262 g/mol. The average molecular weight is 272 g/mol. The van der Waals surface area contributed by atoms with E-state index in [1.54, 1.807) is 36.4 Å². The molecule has 4 nitrogen and oxygen atoms in total. The van der Waals surface area contributed by atoms with Gasteiger partial charge >= 0.3 is 0 Å². The van der Waals surface area contributed by atoms with E-state index in [2.05, 4.69) is 10.3 Å². The predicted octanol–water partition coefficient (Wildman–Crippen LogP) is 2.54. The van der Waals surface area contributed by atoms with Crippen molar-refractivity contribution in [3.8, 4) is 6.07 Å². The number of nitriles is 1. The lowest BCUT2D eigenvalue weighted by Gasteiger charge is -2.05. The minimum absolute atomic E-state index is 0.214. The Hall–Kier alpha value is -2.38. The molecule has 0 aliphatic rings. The summed E-state index contributed by atoms with van der Waals surface area (Å²) in [6.45, 7) is 0.396. The zero-order valence-electron chi connectivity index (χ0n) is 9.93. The number of carbonyl (C=O) groups excluding carboxylic acids is 1. The van der Waals surface area contributed by atoms with E-state index in [9.17, 15) is 4.79 Å². The molecule has 1 aromatic heterocycles. The number of nitrogens with zero attached hydrogens (tertiary/aromatic N) is 2. The number of benzene rings is 1. The molecule has 0 atom stereocenters. The number of pyridine rings is 1. The minimum Gasteiger partial charge on any atom is -0.348 e. The molecule has 2 aromatic rings. The fourth-order valence-electron chi connectivity index (χ4n) is 1.49. The van der Waals surface area contributed by atoms with Crippen molar-refractivity contribution in [1.29, 1.82) is 5.26 Å². The molecule has 0 aliphatic heterocycles. The van der Waals surface area contributed by atoms with Crippen molar-refractivity contribution in [3.63, 3.8) is 0 Å². The van der Waals surface area contributed by atoms with Gasteiger partial charge in [0, 0.05) is 12.7 Å². The topological polar surface area (TPSA) is 65.8 Å². The number of halogens is 1. The number of hydrogen-bond acceptors (Lipinski definition) is 3. The van der Waals surface area contributed by atoms with Gasteiger partial charge in [0.15, 0.2) is 0 Å². The van der Waals surface area contributed by atoms with Crippen molar-refractivity contribution in [2.75, 3.05) is 0 Å². The van der Waals surface area contributed by atoms with E-state index in [1.807, 2.05) is 6.07 Å². The lowest BCUT2D eigenvalue weighted by molar-refractivity contribution is 0.0950. The van der Waals surface area contributed by atoms with Crippen LogP contribution in [0.2, 0.25) is 5.15 Å². The van der Waals surface area contributed by atoms with Gasteiger partial charge in [0.25, 0.3) is 5.91 Å². The first-order valence-corrected chi connectivity index (χ1v) is 5.95. The summed E-state index contributed by atoms with van der Waals surface area (Å²) < 4.78 is 0. The highest BCUT2D eigenvalue weighted by Gasteiger charge is 2.05. The van der Waals surface area contributed by atoms with Crippen LogP contribution in [0.3, 0.4) is 0 Å². The number of nitrogens with one attached hydrogen (secondary N) is 1. The Bertz CT molecular complexity index is 615. The quantitative estimate of drug-likeness (QED) is 0.873. The number of carbonyl (C=O) groups is 1. The summed E-state index contributed by atoms with van der Waals surface area (Å²) >= 11 is 5.65. The molecule has 0 fully saturated rings. The highest BCUT2D eigenvalue weighted by molar-refractivity contribution is 6.29. The maximum absolute atomic E-state index is 11.8. The van der Waals surface area contributed by atoms with Crippen molar-refractivity contribution in [1.82, 2.24) is 10.3 Å². The molecule has 0 saturated heterocycles. The van der Waals surface area contributed by atoms with Crippen LogP contribution < -0.4 is 5.32 Å². The molecular formula is C14H10ClN3O. The third-order valence-electron chi connectivity index (χ3n) is 2.53. The molecule has 94 valence electrons. The first-order valence-electron chi connectivity index (χ1n) is 5.58. The molecule has 1 N–H and O–H groups in total. The van der Waals surface area contributed by atoms with Gasteiger partial charge in [0.1, 0.15) is 5.15 Å². The second-order valence-electron chi connectivity index (χ2n) is 3.86. The van der Waals surface area contributed by atoms with Gasteiger partial charge in [-0.05, 0) is 29.8 Å². The molecule has 0 unspecified atom stereocenters. The summed E-state index contributed by atoms with van der Waals surface area (Å²) in [5, 5.41) is 11.8. The predicted molar refractivity (Wildman–Crippen MR) is 71.6 cm³/mol. The van der Waals surface area contributed by atoms with Crippen LogP contribution in [0.5, 0.6) is 0 Å². The van der Waals surface area contributed by atoms with Crippen LogP contribution in [-0.2, 0) is 6.54 Å². The third-order valence-corrected chi connectivity index (χ3v) is 2.75. The van der Waals surface area contributed by atoms with Crippen LogP contribution >= 0.6 is 11.6 Å². The van der Waals surface area contributed by atoms with Crippen molar-refractivity contribution in [2.45, 2.75) is 6.54 Å². The normalized spacial score (nSPS) is 9.68. The summed E-state index contributed by atoms with van der Waals surface area (Å²) in [4.78, 5) is 15.7. The van der Waals surface area contributed by atoms with Crippen molar-refractivity contribution in [2.24, 2.45) is 0 Å².